The second kappa shape index (κ2) is 9.97. The molecule has 2 aromatic carbocycles. The van der Waals surface area contributed by atoms with Gasteiger partial charge in [0.25, 0.3) is 0 Å². The number of hydrogen-bond donors (Lipinski definition) is 1. The lowest BCUT2D eigenvalue weighted by atomic mass is 9.32. The fourth-order valence-corrected chi connectivity index (χ4v) is 11.3. The number of ketones is 1. The fraction of sp³-hybridized carbons (Fsp3) is 0.526. The molecule has 47 heavy (non-hydrogen) atoms. The van der Waals surface area contributed by atoms with Crippen LogP contribution in [-0.4, -0.2) is 46.5 Å². The SMILES string of the molecule is C[C@]12CC[C@H]3[C@]4(C=C[C@@]5(C=C4C(=O)c4ccccc4)C[C@@H](O)CC[C@]35C)[C@@H]1CC[C@@]21CN(Cc2ccc(OC(F)(F)F)cc2)C(=O)O1. The van der Waals surface area contributed by atoms with Gasteiger partial charge in [0.15, 0.2) is 5.78 Å². The van der Waals surface area contributed by atoms with Gasteiger partial charge in [-0.3, -0.25) is 9.69 Å². The van der Waals surface area contributed by atoms with Crippen molar-refractivity contribution in [3.05, 3.63) is 89.5 Å². The van der Waals surface area contributed by atoms with Gasteiger partial charge in [-0.2, -0.15) is 0 Å². The summed E-state index contributed by atoms with van der Waals surface area (Å²) in [5.41, 5.74) is -0.0300. The first-order valence-electron chi connectivity index (χ1n) is 16.8. The molecular formula is C38H40F3NO5. The minimum atomic E-state index is -4.77. The number of amides is 1. The highest BCUT2D eigenvalue weighted by atomic mass is 19.4. The minimum Gasteiger partial charge on any atom is -0.440 e. The van der Waals surface area contributed by atoms with E-state index in [4.69, 9.17) is 4.74 Å². The first kappa shape index (κ1) is 30.7. The topological polar surface area (TPSA) is 76.1 Å². The third-order valence-electron chi connectivity index (χ3n) is 13.5. The standard InChI is InChI=1S/C38H40F3NO5/c1-33-15-12-26(43)20-35(33)18-19-37(28(21-35)31(44)25-6-4-3-5-7-25)29(33)13-16-34(2)30(37)14-17-36(34)23-42(32(45)47-36)22-24-8-10-27(11-9-24)46-38(39,40)41/h3-11,18-19,21,26,29-30,43H,12-17,20,22-23H2,1-2H3/t26-,29+,30+,33+,34-,35-,36+,37+/m0/s1. The highest BCUT2D eigenvalue weighted by molar-refractivity contribution is 6.10. The molecule has 4 fully saturated rings. The van der Waals surface area contributed by atoms with Crippen LogP contribution in [0.3, 0.4) is 0 Å². The van der Waals surface area contributed by atoms with E-state index in [-0.39, 0.29) is 35.3 Å². The Morgan fingerprint density at radius 3 is 2.36 bits per heavy atom. The number of Topliss-reactive ketones (excluding diaryl/α,β-unsaturated/α-hetero) is 1. The van der Waals surface area contributed by atoms with Crippen LogP contribution in [0.15, 0.2) is 78.4 Å². The van der Waals surface area contributed by atoms with Crippen molar-refractivity contribution in [2.45, 2.75) is 83.4 Å². The van der Waals surface area contributed by atoms with Crippen LogP contribution >= 0.6 is 0 Å². The van der Waals surface area contributed by atoms with Crippen LogP contribution in [-0.2, 0) is 11.3 Å². The average Bonchev–Trinajstić information content (AvgIpc) is 3.51. The molecule has 0 unspecified atom stereocenters. The number of aliphatic hydroxyl groups is 1. The van der Waals surface area contributed by atoms with Crippen LogP contribution in [0.2, 0.25) is 0 Å². The fourth-order valence-electron chi connectivity index (χ4n) is 11.3. The van der Waals surface area contributed by atoms with Gasteiger partial charge in [-0.25, -0.2) is 4.79 Å². The zero-order valence-corrected chi connectivity index (χ0v) is 26.7. The van der Waals surface area contributed by atoms with Gasteiger partial charge >= 0.3 is 12.5 Å². The van der Waals surface area contributed by atoms with E-state index < -0.39 is 40.4 Å². The molecule has 1 amide bonds. The van der Waals surface area contributed by atoms with Crippen molar-refractivity contribution in [3.8, 4) is 5.75 Å². The molecular weight excluding hydrogens is 607 g/mol. The van der Waals surface area contributed by atoms with Crippen molar-refractivity contribution < 1.29 is 37.3 Å². The molecule has 0 aromatic heterocycles. The number of nitrogens with zero attached hydrogens (tertiary/aromatic N) is 1. The van der Waals surface area contributed by atoms with Gasteiger partial charge in [0.05, 0.1) is 12.6 Å². The molecule has 6 nitrogen and oxygen atoms in total. The first-order valence-corrected chi connectivity index (χ1v) is 16.8. The van der Waals surface area contributed by atoms with Crippen LogP contribution in [0.1, 0.15) is 74.7 Å². The number of benzene rings is 2. The predicted molar refractivity (Wildman–Crippen MR) is 167 cm³/mol. The molecule has 0 radical (unpaired) electrons. The number of carbonyl (C=O) groups is 2. The van der Waals surface area contributed by atoms with Crippen molar-refractivity contribution >= 4 is 11.9 Å². The Morgan fingerprint density at radius 2 is 1.64 bits per heavy atom. The molecule has 8 atom stereocenters. The second-order valence-corrected chi connectivity index (χ2v) is 15.4. The summed E-state index contributed by atoms with van der Waals surface area (Å²) >= 11 is 0. The summed E-state index contributed by atoms with van der Waals surface area (Å²) in [6, 6.07) is 15.1. The third-order valence-corrected chi connectivity index (χ3v) is 13.5. The highest BCUT2D eigenvalue weighted by Crippen LogP contribution is 2.79. The van der Waals surface area contributed by atoms with Crippen LogP contribution in [0.25, 0.3) is 0 Å². The monoisotopic (exact) mass is 647 g/mol. The zero-order valence-electron chi connectivity index (χ0n) is 26.7. The van der Waals surface area contributed by atoms with Gasteiger partial charge in [-0.15, -0.1) is 13.2 Å². The molecule has 9 rings (SSSR count). The molecule has 1 aliphatic heterocycles. The van der Waals surface area contributed by atoms with Gasteiger partial charge in [-0.05, 0) is 79.9 Å². The molecule has 1 saturated heterocycles. The van der Waals surface area contributed by atoms with Gasteiger partial charge in [-0.1, -0.05) is 74.5 Å². The van der Waals surface area contributed by atoms with E-state index in [1.165, 1.54) is 24.3 Å². The largest absolute Gasteiger partial charge is 0.573 e. The highest BCUT2D eigenvalue weighted by Gasteiger charge is 2.76. The molecule has 1 N–H and O–H groups in total. The Hall–Kier alpha value is -3.59. The van der Waals surface area contributed by atoms with Crippen molar-refractivity contribution in [1.82, 2.24) is 4.90 Å². The molecule has 9 heteroatoms. The lowest BCUT2D eigenvalue weighted by Gasteiger charge is -2.71. The van der Waals surface area contributed by atoms with Crippen molar-refractivity contribution in [1.29, 1.82) is 0 Å². The Bertz CT molecular complexity index is 1690. The average molecular weight is 648 g/mol. The van der Waals surface area contributed by atoms with E-state index in [2.05, 4.69) is 36.8 Å². The summed E-state index contributed by atoms with van der Waals surface area (Å²) < 4.78 is 48.4. The normalized spacial score (nSPS) is 40.0. The van der Waals surface area contributed by atoms with Crippen molar-refractivity contribution in [3.63, 3.8) is 0 Å². The molecule has 2 bridgehead atoms. The lowest BCUT2D eigenvalue weighted by molar-refractivity contribution is -0.274. The molecule has 3 spiro atoms. The maximum absolute atomic E-state index is 14.6. The van der Waals surface area contributed by atoms with E-state index in [1.54, 1.807) is 4.90 Å². The van der Waals surface area contributed by atoms with Crippen molar-refractivity contribution in [2.75, 3.05) is 6.54 Å². The Labute approximate surface area is 272 Å². The Balaban J connectivity index is 1.15. The minimum absolute atomic E-state index is 0.0367. The number of hydrogen-bond acceptors (Lipinski definition) is 5. The van der Waals surface area contributed by atoms with Crippen LogP contribution in [0, 0.1) is 33.5 Å². The summed E-state index contributed by atoms with van der Waals surface area (Å²) in [6.45, 7) is 5.21. The zero-order chi connectivity index (χ0) is 33.0. The summed E-state index contributed by atoms with van der Waals surface area (Å²) in [5.74, 6) is -0.0120. The van der Waals surface area contributed by atoms with Gasteiger partial charge in [0.2, 0.25) is 0 Å². The molecule has 1 heterocycles. The molecule has 6 aliphatic carbocycles. The summed E-state index contributed by atoms with van der Waals surface area (Å²) in [7, 11) is 0. The molecule has 248 valence electrons. The van der Waals surface area contributed by atoms with Crippen LogP contribution in [0.5, 0.6) is 5.75 Å². The quantitative estimate of drug-likeness (QED) is 0.263. The summed E-state index contributed by atoms with van der Waals surface area (Å²) in [5, 5.41) is 10.9. The third kappa shape index (κ3) is 4.20. The summed E-state index contributed by atoms with van der Waals surface area (Å²) in [4.78, 5) is 29.7. The van der Waals surface area contributed by atoms with Crippen molar-refractivity contribution in [2.24, 2.45) is 33.5 Å². The van der Waals surface area contributed by atoms with Gasteiger partial charge < -0.3 is 14.6 Å². The Morgan fingerprint density at radius 1 is 0.957 bits per heavy atom. The van der Waals surface area contributed by atoms with E-state index in [0.29, 0.717) is 30.5 Å². The van der Waals surface area contributed by atoms with E-state index >= 15 is 0 Å². The maximum atomic E-state index is 14.6. The van der Waals surface area contributed by atoms with E-state index in [9.17, 15) is 27.9 Å². The first-order chi connectivity index (χ1) is 22.2. The van der Waals surface area contributed by atoms with E-state index in [0.717, 1.165) is 37.7 Å². The number of ether oxygens (including phenoxy) is 2. The smallest absolute Gasteiger partial charge is 0.440 e. The maximum Gasteiger partial charge on any atom is 0.573 e. The number of halogens is 3. The number of allylic oxidation sites excluding steroid dienone is 4. The predicted octanol–water partition coefficient (Wildman–Crippen LogP) is 8.02. The van der Waals surface area contributed by atoms with Gasteiger partial charge in [0.1, 0.15) is 11.4 Å². The van der Waals surface area contributed by atoms with Crippen LogP contribution in [0.4, 0.5) is 18.0 Å². The number of rotatable bonds is 5. The van der Waals surface area contributed by atoms with Crippen LogP contribution < -0.4 is 4.74 Å². The lowest BCUT2D eigenvalue weighted by Crippen LogP contribution is -2.67. The molecule has 2 aromatic rings. The van der Waals surface area contributed by atoms with E-state index in [1.807, 2.05) is 30.3 Å². The number of alkyl halides is 3. The Kier molecular flexibility index (Phi) is 6.52. The summed E-state index contributed by atoms with van der Waals surface area (Å²) in [6.07, 6.45) is 6.70. The van der Waals surface area contributed by atoms with Gasteiger partial charge in [0, 0.05) is 33.9 Å². The second-order valence-electron chi connectivity index (χ2n) is 15.4. The number of fused-ring (bicyclic) bond motifs is 2. The number of aliphatic hydroxyl groups excluding tert-OH is 1. The molecule has 3 saturated carbocycles. The molecule has 7 aliphatic rings. The number of carbonyl (C=O) groups excluding carboxylic acids is 2.